The molecule has 116 valence electrons. The minimum absolute atomic E-state index is 0.00449. The van der Waals surface area contributed by atoms with E-state index < -0.39 is 21.5 Å². The van der Waals surface area contributed by atoms with E-state index in [1.807, 2.05) is 0 Å². The maximum absolute atomic E-state index is 12.4. The lowest BCUT2D eigenvalue weighted by Crippen LogP contribution is -2.62. The molecule has 7 nitrogen and oxygen atoms in total. The number of sulfonamides is 1. The molecule has 0 atom stereocenters. The second-order valence-corrected chi connectivity index (χ2v) is 7.02. The lowest BCUT2D eigenvalue weighted by Gasteiger charge is -2.44. The molecule has 0 bridgehead atoms. The number of hydrogen-bond acceptors (Lipinski definition) is 5. The van der Waals surface area contributed by atoms with E-state index in [0.717, 1.165) is 0 Å². The van der Waals surface area contributed by atoms with Gasteiger partial charge in [0.15, 0.2) is 0 Å². The highest BCUT2D eigenvalue weighted by Gasteiger charge is 2.46. The summed E-state index contributed by atoms with van der Waals surface area (Å²) in [5, 5.41) is 9.92. The summed E-state index contributed by atoms with van der Waals surface area (Å²) in [4.78, 5) is 11.3. The third-order valence-corrected chi connectivity index (χ3v) is 5.46. The smallest absolute Gasteiger partial charge is 0.252 e. The molecule has 1 aromatic carbocycles. The van der Waals surface area contributed by atoms with Gasteiger partial charge in [0.1, 0.15) is 5.75 Å². The minimum atomic E-state index is -3.75. The first kappa shape index (κ1) is 15.7. The molecule has 1 saturated heterocycles. The van der Waals surface area contributed by atoms with Crippen LogP contribution in [0.4, 0.5) is 0 Å². The molecule has 1 amide bonds. The topological polar surface area (TPSA) is 110 Å². The van der Waals surface area contributed by atoms with E-state index in [1.165, 1.54) is 29.6 Å². The van der Waals surface area contributed by atoms with E-state index in [0.29, 0.717) is 6.42 Å². The lowest BCUT2D eigenvalue weighted by molar-refractivity contribution is -0.0613. The molecule has 3 N–H and O–H groups in total. The Kier molecular flexibility index (Phi) is 3.96. The molecule has 0 spiro atoms. The highest BCUT2D eigenvalue weighted by molar-refractivity contribution is 7.89. The van der Waals surface area contributed by atoms with Crippen molar-refractivity contribution in [2.75, 3.05) is 20.2 Å². The van der Waals surface area contributed by atoms with Gasteiger partial charge in [0.25, 0.3) is 5.91 Å². The van der Waals surface area contributed by atoms with Crippen LogP contribution in [0.25, 0.3) is 0 Å². The number of hydrogen-bond donors (Lipinski definition) is 2. The number of rotatable bonds is 5. The number of ether oxygens (including phenoxy) is 1. The number of β-amino-alcohol motifs (C(OH)–C–C–N with tert-alkyl or cyclic N) is 1. The van der Waals surface area contributed by atoms with Crippen molar-refractivity contribution in [2.45, 2.75) is 23.8 Å². The molecule has 0 saturated carbocycles. The van der Waals surface area contributed by atoms with E-state index in [-0.39, 0.29) is 29.3 Å². The van der Waals surface area contributed by atoms with Gasteiger partial charge in [-0.15, -0.1) is 0 Å². The molecular formula is C13H18N2O5S. The fraction of sp³-hybridized carbons (Fsp3) is 0.462. The van der Waals surface area contributed by atoms with Crippen LogP contribution in [0.5, 0.6) is 5.75 Å². The Morgan fingerprint density at radius 1 is 1.48 bits per heavy atom. The third kappa shape index (κ3) is 2.74. The number of nitrogens with two attached hydrogens (primary N) is 1. The summed E-state index contributed by atoms with van der Waals surface area (Å²) in [5.74, 6) is -0.548. The van der Waals surface area contributed by atoms with Gasteiger partial charge in [0.05, 0.1) is 23.2 Å². The first-order valence-corrected chi connectivity index (χ1v) is 7.88. The highest BCUT2D eigenvalue weighted by atomic mass is 32.2. The number of amides is 1. The zero-order chi connectivity index (χ0) is 15.8. The van der Waals surface area contributed by atoms with Crippen LogP contribution in [0.3, 0.4) is 0 Å². The van der Waals surface area contributed by atoms with Gasteiger partial charge in [-0.25, -0.2) is 8.42 Å². The third-order valence-electron chi connectivity index (χ3n) is 3.67. The Labute approximate surface area is 123 Å². The van der Waals surface area contributed by atoms with Crippen molar-refractivity contribution < 1.29 is 23.1 Å². The van der Waals surface area contributed by atoms with Gasteiger partial charge in [-0.3, -0.25) is 4.79 Å². The summed E-state index contributed by atoms with van der Waals surface area (Å²) in [7, 11) is -2.39. The van der Waals surface area contributed by atoms with Crippen molar-refractivity contribution in [3.8, 4) is 5.75 Å². The quantitative estimate of drug-likeness (QED) is 0.791. The van der Waals surface area contributed by atoms with E-state index in [2.05, 4.69) is 0 Å². The van der Waals surface area contributed by atoms with Crippen LogP contribution in [-0.2, 0) is 10.0 Å². The first-order chi connectivity index (χ1) is 9.73. The Morgan fingerprint density at radius 3 is 2.57 bits per heavy atom. The van der Waals surface area contributed by atoms with Crippen LogP contribution in [0.15, 0.2) is 23.1 Å². The van der Waals surface area contributed by atoms with Crippen molar-refractivity contribution in [3.63, 3.8) is 0 Å². The molecule has 1 fully saturated rings. The average Bonchev–Trinajstić information content (AvgIpc) is 2.42. The van der Waals surface area contributed by atoms with Crippen LogP contribution < -0.4 is 10.5 Å². The van der Waals surface area contributed by atoms with Gasteiger partial charge in [-0.1, -0.05) is 6.92 Å². The molecule has 0 radical (unpaired) electrons. The van der Waals surface area contributed by atoms with Gasteiger partial charge >= 0.3 is 0 Å². The normalized spacial score (nSPS) is 18.0. The van der Waals surface area contributed by atoms with Gasteiger partial charge < -0.3 is 15.6 Å². The molecule has 8 heteroatoms. The molecule has 2 rings (SSSR count). The molecule has 1 aliphatic rings. The predicted octanol–water partition coefficient (Wildman–Crippen LogP) is -0.0605. The van der Waals surface area contributed by atoms with Crippen molar-refractivity contribution in [2.24, 2.45) is 5.73 Å². The lowest BCUT2D eigenvalue weighted by atomic mass is 9.94. The largest absolute Gasteiger partial charge is 0.496 e. The Morgan fingerprint density at radius 2 is 2.10 bits per heavy atom. The summed E-state index contributed by atoms with van der Waals surface area (Å²) < 4.78 is 31.0. The zero-order valence-electron chi connectivity index (χ0n) is 11.9. The van der Waals surface area contributed by atoms with Crippen molar-refractivity contribution in [3.05, 3.63) is 23.8 Å². The van der Waals surface area contributed by atoms with Crippen molar-refractivity contribution in [1.29, 1.82) is 0 Å². The monoisotopic (exact) mass is 314 g/mol. The molecule has 1 aromatic rings. The van der Waals surface area contributed by atoms with E-state index >= 15 is 0 Å². The highest BCUT2D eigenvalue weighted by Crippen LogP contribution is 2.31. The zero-order valence-corrected chi connectivity index (χ0v) is 12.7. The molecule has 0 aromatic heterocycles. The number of primary amides is 1. The maximum Gasteiger partial charge on any atom is 0.252 e. The molecule has 0 unspecified atom stereocenters. The number of methoxy groups -OCH3 is 1. The summed E-state index contributed by atoms with van der Waals surface area (Å²) in [6, 6.07) is 3.93. The summed E-state index contributed by atoms with van der Waals surface area (Å²) in [6.45, 7) is 1.88. The standard InChI is InChI=1S/C13H18N2O5S/c1-3-13(17)7-15(8-13)21(18,19)9-4-5-11(20-2)10(6-9)12(14)16/h4-6,17H,3,7-8H2,1-2H3,(H2,14,16). The van der Waals surface area contributed by atoms with Crippen LogP contribution >= 0.6 is 0 Å². The predicted molar refractivity (Wildman–Crippen MR) is 75.5 cm³/mol. The number of carbonyl (C=O) groups is 1. The SMILES string of the molecule is CCC1(O)CN(S(=O)(=O)c2ccc(OC)c(C(N)=O)c2)C1. The molecule has 1 heterocycles. The van der Waals surface area contributed by atoms with Gasteiger partial charge in [-0.05, 0) is 24.6 Å². The van der Waals surface area contributed by atoms with Gasteiger partial charge in [-0.2, -0.15) is 4.31 Å². The number of benzene rings is 1. The van der Waals surface area contributed by atoms with Gasteiger partial charge in [0.2, 0.25) is 10.0 Å². The summed E-state index contributed by atoms with van der Waals surface area (Å²) >= 11 is 0. The van der Waals surface area contributed by atoms with Crippen LogP contribution in [0.2, 0.25) is 0 Å². The van der Waals surface area contributed by atoms with E-state index in [1.54, 1.807) is 6.92 Å². The second kappa shape index (κ2) is 5.28. The maximum atomic E-state index is 12.4. The van der Waals surface area contributed by atoms with Crippen LogP contribution in [-0.4, -0.2) is 49.5 Å². The summed E-state index contributed by atoms with van der Waals surface area (Å²) in [6.07, 6.45) is 0.480. The Bertz CT molecular complexity index is 665. The van der Waals surface area contributed by atoms with Crippen molar-refractivity contribution >= 4 is 15.9 Å². The molecule has 0 aliphatic carbocycles. The molecule has 1 aliphatic heterocycles. The van der Waals surface area contributed by atoms with Crippen LogP contribution in [0, 0.1) is 0 Å². The van der Waals surface area contributed by atoms with Crippen molar-refractivity contribution in [1.82, 2.24) is 4.31 Å². The van der Waals surface area contributed by atoms with E-state index in [4.69, 9.17) is 10.5 Å². The molecular weight excluding hydrogens is 296 g/mol. The number of carbonyl (C=O) groups excluding carboxylic acids is 1. The van der Waals surface area contributed by atoms with Crippen LogP contribution in [0.1, 0.15) is 23.7 Å². The minimum Gasteiger partial charge on any atom is -0.496 e. The molecule has 21 heavy (non-hydrogen) atoms. The first-order valence-electron chi connectivity index (χ1n) is 6.44. The average molecular weight is 314 g/mol. The number of aliphatic hydroxyl groups is 1. The van der Waals surface area contributed by atoms with Gasteiger partial charge in [0, 0.05) is 13.1 Å². The van der Waals surface area contributed by atoms with E-state index in [9.17, 15) is 18.3 Å². The summed E-state index contributed by atoms with van der Waals surface area (Å²) in [5.41, 5.74) is 4.26. The Balaban J connectivity index is 2.34. The fourth-order valence-corrected chi connectivity index (χ4v) is 3.82. The second-order valence-electron chi connectivity index (χ2n) is 5.08. The Hall–Kier alpha value is -1.64. The fourth-order valence-electron chi connectivity index (χ4n) is 2.19. The number of nitrogens with zero attached hydrogens (tertiary/aromatic N) is 1.